The molecule has 0 spiro atoms. The summed E-state index contributed by atoms with van der Waals surface area (Å²) in [5.74, 6) is -2.22. The number of nitrogens with one attached hydrogen (secondary N) is 2. The minimum Gasteiger partial charge on any atom is -0.481 e. The van der Waals surface area contributed by atoms with E-state index < -0.39 is 50.0 Å². The molecule has 0 aliphatic carbocycles. The van der Waals surface area contributed by atoms with Crippen LogP contribution in [0.4, 0.5) is 0 Å². The predicted octanol–water partition coefficient (Wildman–Crippen LogP) is 3.42. The van der Waals surface area contributed by atoms with Crippen molar-refractivity contribution in [1.82, 2.24) is 10.0 Å². The molecule has 1 atom stereocenters. The van der Waals surface area contributed by atoms with Crippen LogP contribution in [0.25, 0.3) is 0 Å². The number of halogens is 1. The van der Waals surface area contributed by atoms with E-state index in [4.69, 9.17) is 11.6 Å². The van der Waals surface area contributed by atoms with E-state index in [-0.39, 0.29) is 25.6 Å². The second-order valence-corrected chi connectivity index (χ2v) is 16.0. The molecular weight excluding hydrogens is 628 g/mol. The van der Waals surface area contributed by atoms with Gasteiger partial charge in [0.2, 0.25) is 10.0 Å². The number of ketones is 1. The molecule has 0 unspecified atom stereocenters. The number of carbonyl (C=O) groups is 3. The number of carboxylic acids is 1. The lowest BCUT2D eigenvalue weighted by Gasteiger charge is -2.15. The normalized spacial score (nSPS) is 12.7. The lowest BCUT2D eigenvalue weighted by Crippen LogP contribution is -2.43. The fraction of sp³-hybridized carbons (Fsp3) is 0.261. The number of carboxylic acid groups (broad SMARTS) is 1. The van der Waals surface area contributed by atoms with Crippen LogP contribution < -0.4 is 10.0 Å². The number of Topliss-reactive ketones (excluding diaryl/α,β-unsaturated/α-hetero) is 1. The molecule has 210 valence electrons. The fourth-order valence-corrected chi connectivity index (χ4v) is 8.63. The zero-order chi connectivity index (χ0) is 28.8. The van der Waals surface area contributed by atoms with E-state index in [2.05, 4.69) is 10.0 Å². The van der Waals surface area contributed by atoms with Gasteiger partial charge >= 0.3 is 5.97 Å². The SMILES string of the molecule is CS(=O)(=O)c1ccc(CNS(=O)(=O)c2ccc(C(=O)N[C@@H](CC(=O)O)C(=O)CSCc3ccccc3Cl)s2)s1. The van der Waals surface area contributed by atoms with Gasteiger partial charge < -0.3 is 10.4 Å². The van der Waals surface area contributed by atoms with Crippen molar-refractivity contribution in [2.45, 2.75) is 33.2 Å². The number of aliphatic carboxylic acids is 1. The van der Waals surface area contributed by atoms with Gasteiger partial charge in [-0.15, -0.1) is 34.4 Å². The first-order valence-electron chi connectivity index (χ1n) is 11.0. The molecule has 3 aromatic rings. The number of hydrogen-bond acceptors (Lipinski definition) is 10. The molecule has 2 heterocycles. The third-order valence-electron chi connectivity index (χ3n) is 5.04. The Labute approximate surface area is 242 Å². The van der Waals surface area contributed by atoms with Crippen LogP contribution in [0.15, 0.2) is 56.9 Å². The van der Waals surface area contributed by atoms with Crippen LogP contribution in [0.1, 0.15) is 26.5 Å². The quantitative estimate of drug-likeness (QED) is 0.237. The zero-order valence-electron chi connectivity index (χ0n) is 20.2. The molecule has 0 saturated heterocycles. The van der Waals surface area contributed by atoms with Crippen LogP contribution in [-0.4, -0.2) is 57.7 Å². The molecule has 2 aromatic heterocycles. The minimum atomic E-state index is -4.03. The van der Waals surface area contributed by atoms with Crippen LogP contribution in [-0.2, 0) is 41.7 Å². The molecule has 3 rings (SSSR count). The summed E-state index contributed by atoms with van der Waals surface area (Å²) in [6.07, 6.45) is 0.421. The highest BCUT2D eigenvalue weighted by atomic mass is 35.5. The van der Waals surface area contributed by atoms with Gasteiger partial charge in [0.15, 0.2) is 15.6 Å². The second-order valence-electron chi connectivity index (χ2n) is 8.11. The summed E-state index contributed by atoms with van der Waals surface area (Å²) in [5.41, 5.74) is 0.812. The Morgan fingerprint density at radius 2 is 1.69 bits per heavy atom. The standard InChI is InChI=1S/C23H23ClN2O8S5/c1-38(31,32)21-8-6-15(36-21)11-25-39(33,34)22-9-7-19(37-22)23(30)26-17(10-20(28)29)18(27)13-35-12-14-4-2-3-5-16(14)24/h2-9,17,25H,10-13H2,1H3,(H,26,30)(H,28,29)/t17-/m0/s1. The third kappa shape index (κ3) is 9.13. The number of rotatable bonds is 14. The molecule has 16 heteroatoms. The summed E-state index contributed by atoms with van der Waals surface area (Å²) < 4.78 is 50.9. The maximum absolute atomic E-state index is 12.8. The van der Waals surface area contributed by atoms with E-state index in [9.17, 15) is 36.3 Å². The molecule has 1 aromatic carbocycles. The van der Waals surface area contributed by atoms with Crippen molar-refractivity contribution in [2.75, 3.05) is 12.0 Å². The van der Waals surface area contributed by atoms with Gasteiger partial charge in [-0.2, -0.15) is 0 Å². The maximum atomic E-state index is 12.8. The Kier molecular flexibility index (Phi) is 10.7. The maximum Gasteiger partial charge on any atom is 0.305 e. The third-order valence-corrected chi connectivity index (χ3v) is 12.3. The molecule has 1 amide bonds. The zero-order valence-corrected chi connectivity index (χ0v) is 25.1. The van der Waals surface area contributed by atoms with E-state index >= 15 is 0 Å². The van der Waals surface area contributed by atoms with Crippen LogP contribution >= 0.6 is 46.0 Å². The second kappa shape index (κ2) is 13.4. The van der Waals surface area contributed by atoms with Crippen LogP contribution in [0, 0.1) is 0 Å². The highest BCUT2D eigenvalue weighted by Crippen LogP contribution is 2.25. The van der Waals surface area contributed by atoms with Crippen molar-refractivity contribution in [3.8, 4) is 0 Å². The number of carbonyl (C=O) groups excluding carboxylic acids is 2. The van der Waals surface area contributed by atoms with Gasteiger partial charge in [0.05, 0.1) is 23.1 Å². The van der Waals surface area contributed by atoms with Crippen molar-refractivity contribution >= 4 is 83.6 Å². The first kappa shape index (κ1) is 31.3. The molecule has 39 heavy (non-hydrogen) atoms. The Bertz CT molecular complexity index is 1580. The molecule has 0 radical (unpaired) electrons. The highest BCUT2D eigenvalue weighted by Gasteiger charge is 2.26. The Morgan fingerprint density at radius 1 is 1.00 bits per heavy atom. The van der Waals surface area contributed by atoms with Gasteiger partial charge in [0.25, 0.3) is 5.91 Å². The van der Waals surface area contributed by atoms with Crippen molar-refractivity contribution in [3.63, 3.8) is 0 Å². The first-order valence-corrected chi connectivity index (χ1v) is 17.5. The molecular formula is C23H23ClN2O8S5. The summed E-state index contributed by atoms with van der Waals surface area (Å²) in [4.78, 5) is 37.2. The minimum absolute atomic E-state index is 0.0298. The Morgan fingerprint density at radius 3 is 2.33 bits per heavy atom. The van der Waals surface area contributed by atoms with E-state index in [0.717, 1.165) is 23.2 Å². The van der Waals surface area contributed by atoms with Crippen molar-refractivity contribution in [3.05, 3.63) is 68.9 Å². The largest absolute Gasteiger partial charge is 0.481 e. The number of benzene rings is 1. The summed E-state index contributed by atoms with van der Waals surface area (Å²) in [7, 11) is -7.44. The topological polar surface area (TPSA) is 164 Å². The molecule has 0 aliphatic rings. The van der Waals surface area contributed by atoms with Gasteiger partial charge in [-0.1, -0.05) is 29.8 Å². The van der Waals surface area contributed by atoms with Crippen LogP contribution in [0.3, 0.4) is 0 Å². The lowest BCUT2D eigenvalue weighted by atomic mass is 10.1. The van der Waals surface area contributed by atoms with Gasteiger partial charge in [-0.3, -0.25) is 14.4 Å². The lowest BCUT2D eigenvalue weighted by molar-refractivity contribution is -0.139. The first-order chi connectivity index (χ1) is 18.3. The van der Waals surface area contributed by atoms with E-state index in [0.29, 0.717) is 27.0 Å². The molecule has 0 saturated carbocycles. The summed E-state index contributed by atoms with van der Waals surface area (Å²) in [6.45, 7) is -0.150. The van der Waals surface area contributed by atoms with Gasteiger partial charge in [0.1, 0.15) is 8.42 Å². The summed E-state index contributed by atoms with van der Waals surface area (Å²) >= 11 is 8.92. The number of hydrogen-bond donors (Lipinski definition) is 3. The highest BCUT2D eigenvalue weighted by molar-refractivity contribution is 7.99. The molecule has 10 nitrogen and oxygen atoms in total. The van der Waals surface area contributed by atoms with E-state index in [1.54, 1.807) is 24.3 Å². The van der Waals surface area contributed by atoms with Crippen LogP contribution in [0.2, 0.25) is 5.02 Å². The molecule has 3 N–H and O–H groups in total. The Balaban J connectivity index is 1.61. The Hall–Kier alpha value is -2.27. The monoisotopic (exact) mass is 650 g/mol. The van der Waals surface area contributed by atoms with Gasteiger partial charge in [0, 0.05) is 28.5 Å². The molecule has 0 fully saturated rings. The van der Waals surface area contributed by atoms with Crippen molar-refractivity contribution in [2.24, 2.45) is 0 Å². The number of sulfonamides is 1. The number of thiophene rings is 2. The number of amides is 1. The molecule has 0 bridgehead atoms. The smallest absolute Gasteiger partial charge is 0.305 e. The van der Waals surface area contributed by atoms with Gasteiger partial charge in [-0.05, 0) is 35.9 Å². The summed E-state index contributed by atoms with van der Waals surface area (Å²) in [6, 6.07) is 11.2. The van der Waals surface area contributed by atoms with E-state index in [1.165, 1.54) is 36.0 Å². The summed E-state index contributed by atoms with van der Waals surface area (Å²) in [5, 5.41) is 12.2. The van der Waals surface area contributed by atoms with Gasteiger partial charge in [-0.25, -0.2) is 21.6 Å². The average molecular weight is 651 g/mol. The van der Waals surface area contributed by atoms with Crippen molar-refractivity contribution in [1.29, 1.82) is 0 Å². The number of sulfone groups is 1. The predicted molar refractivity (Wildman–Crippen MR) is 152 cm³/mol. The van der Waals surface area contributed by atoms with E-state index in [1.807, 2.05) is 0 Å². The number of thioether (sulfide) groups is 1. The van der Waals surface area contributed by atoms with Crippen molar-refractivity contribution < 1.29 is 36.3 Å². The van der Waals surface area contributed by atoms with Crippen LogP contribution in [0.5, 0.6) is 0 Å². The average Bonchev–Trinajstić information content (AvgIpc) is 3.54. The molecule has 0 aliphatic heterocycles. The fourth-order valence-electron chi connectivity index (χ4n) is 3.10.